The zero-order chi connectivity index (χ0) is 13.1. The molecule has 4 heteroatoms. The Morgan fingerprint density at radius 1 is 1.11 bits per heavy atom. The highest BCUT2D eigenvalue weighted by Crippen LogP contribution is 2.31. The molecule has 2 aromatic rings. The Balaban J connectivity index is 2.61. The standard InChI is InChI=1S/C14H15FN2O/c15-10-3-1-2-9(6-10)13-7-11(16)8-14(17)12(13)4-5-18/h1-3,6-8,18H,4-5,16-17H2. The maximum Gasteiger partial charge on any atom is 0.123 e. The monoisotopic (exact) mass is 246 g/mol. The van der Waals surface area contributed by atoms with Gasteiger partial charge in [0.1, 0.15) is 5.82 Å². The van der Waals surface area contributed by atoms with Gasteiger partial charge >= 0.3 is 0 Å². The summed E-state index contributed by atoms with van der Waals surface area (Å²) in [6.45, 7) is -0.0174. The highest BCUT2D eigenvalue weighted by atomic mass is 19.1. The quantitative estimate of drug-likeness (QED) is 0.727. The van der Waals surface area contributed by atoms with E-state index in [1.807, 2.05) is 0 Å². The van der Waals surface area contributed by atoms with Crippen molar-refractivity contribution in [3.8, 4) is 11.1 Å². The van der Waals surface area contributed by atoms with Gasteiger partial charge < -0.3 is 16.6 Å². The van der Waals surface area contributed by atoms with Crippen molar-refractivity contribution in [2.45, 2.75) is 6.42 Å². The molecule has 2 aromatic carbocycles. The Morgan fingerprint density at radius 2 is 1.89 bits per heavy atom. The Kier molecular flexibility index (Phi) is 3.48. The van der Waals surface area contributed by atoms with Gasteiger partial charge in [0.2, 0.25) is 0 Å². The van der Waals surface area contributed by atoms with Crippen molar-refractivity contribution in [1.29, 1.82) is 0 Å². The van der Waals surface area contributed by atoms with Crippen LogP contribution >= 0.6 is 0 Å². The highest BCUT2D eigenvalue weighted by Gasteiger charge is 2.10. The normalized spacial score (nSPS) is 10.6. The van der Waals surface area contributed by atoms with E-state index in [0.717, 1.165) is 11.1 Å². The molecule has 0 spiro atoms. The van der Waals surface area contributed by atoms with E-state index in [9.17, 15) is 4.39 Å². The lowest BCUT2D eigenvalue weighted by Crippen LogP contribution is -2.02. The third-order valence-electron chi connectivity index (χ3n) is 2.80. The highest BCUT2D eigenvalue weighted by molar-refractivity contribution is 5.77. The summed E-state index contributed by atoms with van der Waals surface area (Å²) in [5, 5.41) is 9.08. The van der Waals surface area contributed by atoms with Crippen LogP contribution in [0.2, 0.25) is 0 Å². The van der Waals surface area contributed by atoms with Crippen LogP contribution in [0.15, 0.2) is 36.4 Å². The molecular weight excluding hydrogens is 231 g/mol. The van der Waals surface area contributed by atoms with Crippen LogP contribution in [0.1, 0.15) is 5.56 Å². The second-order valence-electron chi connectivity index (χ2n) is 4.12. The zero-order valence-electron chi connectivity index (χ0n) is 9.86. The molecule has 0 aromatic heterocycles. The van der Waals surface area contributed by atoms with E-state index < -0.39 is 0 Å². The summed E-state index contributed by atoms with van der Waals surface area (Å²) < 4.78 is 13.3. The number of hydrogen-bond acceptors (Lipinski definition) is 3. The van der Waals surface area contributed by atoms with E-state index in [1.165, 1.54) is 12.1 Å². The SMILES string of the molecule is Nc1cc(N)c(CCO)c(-c2cccc(F)c2)c1. The van der Waals surface area contributed by atoms with Gasteiger partial charge in [-0.2, -0.15) is 0 Å². The minimum Gasteiger partial charge on any atom is -0.399 e. The molecule has 0 aliphatic rings. The molecule has 0 saturated carbocycles. The Bertz CT molecular complexity index is 570. The van der Waals surface area contributed by atoms with Gasteiger partial charge in [-0.15, -0.1) is 0 Å². The predicted molar refractivity (Wildman–Crippen MR) is 71.5 cm³/mol. The van der Waals surface area contributed by atoms with Crippen molar-refractivity contribution < 1.29 is 9.50 Å². The van der Waals surface area contributed by atoms with Gasteiger partial charge in [-0.05, 0) is 47.4 Å². The molecule has 0 amide bonds. The van der Waals surface area contributed by atoms with Gasteiger partial charge in [-0.3, -0.25) is 0 Å². The number of rotatable bonds is 3. The van der Waals surface area contributed by atoms with Gasteiger partial charge in [-0.1, -0.05) is 12.1 Å². The van der Waals surface area contributed by atoms with Gasteiger partial charge in [0, 0.05) is 18.0 Å². The summed E-state index contributed by atoms with van der Waals surface area (Å²) >= 11 is 0. The van der Waals surface area contributed by atoms with Crippen LogP contribution in [0.5, 0.6) is 0 Å². The van der Waals surface area contributed by atoms with E-state index >= 15 is 0 Å². The molecule has 0 aliphatic carbocycles. The fourth-order valence-electron chi connectivity index (χ4n) is 2.02. The van der Waals surface area contributed by atoms with Crippen molar-refractivity contribution in [3.05, 3.63) is 47.8 Å². The first-order chi connectivity index (χ1) is 8.61. The fraction of sp³-hybridized carbons (Fsp3) is 0.143. The molecule has 0 saturated heterocycles. The molecule has 0 radical (unpaired) electrons. The second kappa shape index (κ2) is 5.06. The predicted octanol–water partition coefficient (Wildman–Crippen LogP) is 2.19. The van der Waals surface area contributed by atoms with Crippen LogP contribution in [0.4, 0.5) is 15.8 Å². The van der Waals surface area contributed by atoms with Crippen LogP contribution < -0.4 is 11.5 Å². The second-order valence-corrected chi connectivity index (χ2v) is 4.12. The lowest BCUT2D eigenvalue weighted by atomic mass is 9.95. The number of benzene rings is 2. The van der Waals surface area contributed by atoms with Crippen LogP contribution in [-0.4, -0.2) is 11.7 Å². The molecule has 2 rings (SSSR count). The molecule has 3 nitrogen and oxygen atoms in total. The van der Waals surface area contributed by atoms with E-state index in [-0.39, 0.29) is 12.4 Å². The van der Waals surface area contributed by atoms with Crippen LogP contribution in [-0.2, 0) is 6.42 Å². The van der Waals surface area contributed by atoms with Crippen molar-refractivity contribution in [2.75, 3.05) is 18.1 Å². The smallest absolute Gasteiger partial charge is 0.123 e. The summed E-state index contributed by atoms with van der Waals surface area (Å²) in [7, 11) is 0. The van der Waals surface area contributed by atoms with E-state index in [1.54, 1.807) is 24.3 Å². The van der Waals surface area contributed by atoms with E-state index in [4.69, 9.17) is 16.6 Å². The third-order valence-corrected chi connectivity index (χ3v) is 2.80. The van der Waals surface area contributed by atoms with Crippen molar-refractivity contribution in [1.82, 2.24) is 0 Å². The first kappa shape index (κ1) is 12.4. The van der Waals surface area contributed by atoms with E-state index in [0.29, 0.717) is 23.4 Å². The Hall–Kier alpha value is -2.07. The molecule has 18 heavy (non-hydrogen) atoms. The number of halogens is 1. The van der Waals surface area contributed by atoms with E-state index in [2.05, 4.69) is 0 Å². The topological polar surface area (TPSA) is 72.3 Å². The molecule has 0 heterocycles. The number of aliphatic hydroxyl groups is 1. The van der Waals surface area contributed by atoms with Gasteiger partial charge in [0.15, 0.2) is 0 Å². The first-order valence-electron chi connectivity index (χ1n) is 5.66. The molecule has 0 bridgehead atoms. The molecule has 94 valence electrons. The lowest BCUT2D eigenvalue weighted by molar-refractivity contribution is 0.300. The maximum atomic E-state index is 13.3. The number of nitrogens with two attached hydrogens (primary N) is 2. The number of aliphatic hydroxyl groups excluding tert-OH is 1. The maximum absolute atomic E-state index is 13.3. The summed E-state index contributed by atoms with van der Waals surface area (Å²) in [5.74, 6) is -0.316. The lowest BCUT2D eigenvalue weighted by Gasteiger charge is -2.13. The summed E-state index contributed by atoms with van der Waals surface area (Å²) in [5.41, 5.74) is 15.0. The van der Waals surface area contributed by atoms with Crippen molar-refractivity contribution in [2.24, 2.45) is 0 Å². The number of anilines is 2. The minimum absolute atomic E-state index is 0.0174. The largest absolute Gasteiger partial charge is 0.399 e. The zero-order valence-corrected chi connectivity index (χ0v) is 9.86. The van der Waals surface area contributed by atoms with Gasteiger partial charge in [-0.25, -0.2) is 4.39 Å². The van der Waals surface area contributed by atoms with Gasteiger partial charge in [0.25, 0.3) is 0 Å². The summed E-state index contributed by atoms with van der Waals surface area (Å²) in [4.78, 5) is 0. The minimum atomic E-state index is -0.316. The molecule has 5 N–H and O–H groups in total. The number of nitrogen functional groups attached to an aromatic ring is 2. The molecule has 0 aliphatic heterocycles. The van der Waals surface area contributed by atoms with Crippen LogP contribution in [0, 0.1) is 5.82 Å². The van der Waals surface area contributed by atoms with Crippen LogP contribution in [0.25, 0.3) is 11.1 Å². The summed E-state index contributed by atoms with van der Waals surface area (Å²) in [6.07, 6.45) is 0.415. The Morgan fingerprint density at radius 3 is 2.56 bits per heavy atom. The summed E-state index contributed by atoms with van der Waals surface area (Å²) in [6, 6.07) is 9.62. The number of hydrogen-bond donors (Lipinski definition) is 3. The average molecular weight is 246 g/mol. The van der Waals surface area contributed by atoms with Crippen molar-refractivity contribution >= 4 is 11.4 Å². The molecular formula is C14H15FN2O. The van der Waals surface area contributed by atoms with Gasteiger partial charge in [0.05, 0.1) is 0 Å². The molecule has 0 unspecified atom stereocenters. The third kappa shape index (κ3) is 2.43. The average Bonchev–Trinajstić information content (AvgIpc) is 2.32. The Labute approximate surface area is 105 Å². The first-order valence-corrected chi connectivity index (χ1v) is 5.66. The molecule has 0 fully saturated rings. The van der Waals surface area contributed by atoms with Crippen LogP contribution in [0.3, 0.4) is 0 Å². The molecule has 0 atom stereocenters. The van der Waals surface area contributed by atoms with Crippen molar-refractivity contribution in [3.63, 3.8) is 0 Å². The fourth-order valence-corrected chi connectivity index (χ4v) is 2.02.